The van der Waals surface area contributed by atoms with Gasteiger partial charge in [0.1, 0.15) is 0 Å². The number of fused-ring (bicyclic) bond motifs is 3. The summed E-state index contributed by atoms with van der Waals surface area (Å²) >= 11 is 1.63. The van der Waals surface area contributed by atoms with Crippen molar-refractivity contribution >= 4 is 26.5 Å². The molecule has 0 aliphatic carbocycles. The number of para-hydroxylation sites is 1. The third-order valence-corrected chi connectivity index (χ3v) is 3.63. The van der Waals surface area contributed by atoms with E-state index in [4.69, 9.17) is 0 Å². The third-order valence-electron chi connectivity index (χ3n) is 2.61. The van der Waals surface area contributed by atoms with Gasteiger partial charge < -0.3 is 6.92 Å². The summed E-state index contributed by atoms with van der Waals surface area (Å²) in [5, 5.41) is 7.94. The van der Waals surface area contributed by atoms with Crippen LogP contribution in [0.1, 0.15) is 5.82 Å². The van der Waals surface area contributed by atoms with Gasteiger partial charge in [-0.1, -0.05) is 23.5 Å². The molecule has 2 aromatic heterocycles. The second-order valence-corrected chi connectivity index (χ2v) is 4.89. The summed E-state index contributed by atoms with van der Waals surface area (Å²) in [5.41, 5.74) is 1.14. The molecule has 3 nitrogen and oxygen atoms in total. The van der Waals surface area contributed by atoms with E-state index in [-0.39, 0.29) is 32.7 Å². The minimum absolute atomic E-state index is 0. The van der Waals surface area contributed by atoms with Crippen molar-refractivity contribution < 1.29 is 32.7 Å². The first-order valence-electron chi connectivity index (χ1n) is 5.82. The minimum Gasteiger partial charge on any atom is -0.338 e. The maximum Gasteiger partial charge on any atom is 0.215 e. The number of thiazole rings is 1. The quantitative estimate of drug-likeness (QED) is 0.452. The Kier molecular flexibility index (Phi) is 5.29. The molecule has 0 saturated heterocycles. The Hall–Kier alpha value is -1.23. The molecule has 0 amide bonds. The molecule has 2 heterocycles. The molecule has 20 heavy (non-hydrogen) atoms. The van der Waals surface area contributed by atoms with Crippen LogP contribution in [0, 0.1) is 13.0 Å². The molecule has 0 saturated carbocycles. The molecule has 4 rings (SSSR count). The average Bonchev–Trinajstić information content (AvgIpc) is 3.02. The standard InChI is InChI=1S/C9H6N3S.C6H5.Y/c1-6-10-11-9-12(6)7-4-2-3-5-8(7)13-9;1-2-4-6-5-3-1;/h2-5H,1H2;1-5H;/q2*-1;. The maximum atomic E-state index is 4.02. The monoisotopic (exact) mass is 354 g/mol. The zero-order valence-electron chi connectivity index (χ0n) is 10.7. The van der Waals surface area contributed by atoms with E-state index in [2.05, 4.69) is 35.3 Å². The van der Waals surface area contributed by atoms with Gasteiger partial charge in [0.05, 0.1) is 10.2 Å². The van der Waals surface area contributed by atoms with Gasteiger partial charge in [-0.25, -0.2) is 0 Å². The Morgan fingerprint density at radius 3 is 2.40 bits per heavy atom. The minimum atomic E-state index is 0. The molecule has 5 heteroatoms. The predicted octanol–water partition coefficient (Wildman–Crippen LogP) is 3.61. The van der Waals surface area contributed by atoms with Crippen molar-refractivity contribution in [1.82, 2.24) is 14.6 Å². The van der Waals surface area contributed by atoms with Gasteiger partial charge in [-0.3, -0.25) is 4.40 Å². The molecule has 1 radical (unpaired) electrons. The molecule has 0 aliphatic heterocycles. The first kappa shape index (κ1) is 15.2. The molecule has 0 bridgehead atoms. The second kappa shape index (κ2) is 6.98. The molecule has 2 aromatic carbocycles. The Morgan fingerprint density at radius 1 is 1.00 bits per heavy atom. The number of hydrogen-bond donors (Lipinski definition) is 0. The smallest absolute Gasteiger partial charge is 0.215 e. The van der Waals surface area contributed by atoms with Crippen LogP contribution in [-0.4, -0.2) is 14.6 Å². The van der Waals surface area contributed by atoms with Crippen LogP contribution >= 0.6 is 11.3 Å². The summed E-state index contributed by atoms with van der Waals surface area (Å²) in [5.74, 6) is 0.701. The van der Waals surface area contributed by atoms with E-state index >= 15 is 0 Å². The van der Waals surface area contributed by atoms with Gasteiger partial charge in [0, 0.05) is 32.7 Å². The van der Waals surface area contributed by atoms with E-state index in [0.29, 0.717) is 5.82 Å². The molecule has 0 aliphatic rings. The predicted molar refractivity (Wildman–Crippen MR) is 78.1 cm³/mol. The van der Waals surface area contributed by atoms with E-state index in [0.717, 1.165) is 10.5 Å². The molecule has 4 aromatic rings. The van der Waals surface area contributed by atoms with Crippen molar-refractivity contribution in [3.8, 4) is 0 Å². The Labute approximate surface area is 146 Å². The number of rotatable bonds is 0. The van der Waals surface area contributed by atoms with Crippen LogP contribution in [0.5, 0.6) is 0 Å². The van der Waals surface area contributed by atoms with Crippen LogP contribution in [0.15, 0.2) is 54.6 Å². The Bertz CT molecular complexity index is 766. The summed E-state index contributed by atoms with van der Waals surface area (Å²) < 4.78 is 3.19. The number of hydrogen-bond acceptors (Lipinski definition) is 3. The van der Waals surface area contributed by atoms with Crippen LogP contribution in [0.3, 0.4) is 0 Å². The SMILES string of the molecule is [CH2-]c1nnc2sc3ccccc3n12.[Y].[c-]1ccccc1. The zero-order valence-corrected chi connectivity index (χ0v) is 14.4. The van der Waals surface area contributed by atoms with Gasteiger partial charge in [-0.05, 0) is 18.0 Å². The molecule has 0 spiro atoms. The third kappa shape index (κ3) is 3.09. The molecular formula is C15H11N3SY-2. The van der Waals surface area contributed by atoms with Crippen molar-refractivity contribution in [2.45, 2.75) is 0 Å². The first-order chi connectivity index (χ1) is 9.36. The molecule has 0 N–H and O–H groups in total. The average molecular weight is 354 g/mol. The van der Waals surface area contributed by atoms with Crippen LogP contribution < -0.4 is 0 Å². The van der Waals surface area contributed by atoms with Crippen molar-refractivity contribution in [3.63, 3.8) is 0 Å². The van der Waals surface area contributed by atoms with Crippen molar-refractivity contribution in [2.24, 2.45) is 0 Å². The van der Waals surface area contributed by atoms with Gasteiger partial charge in [0.15, 0.2) is 0 Å². The number of aromatic nitrogens is 3. The molecule has 0 fully saturated rings. The fourth-order valence-corrected chi connectivity index (χ4v) is 2.76. The van der Waals surface area contributed by atoms with Gasteiger partial charge >= 0.3 is 0 Å². The summed E-state index contributed by atoms with van der Waals surface area (Å²) in [7, 11) is 0. The first-order valence-corrected chi connectivity index (χ1v) is 6.63. The number of benzene rings is 2. The van der Waals surface area contributed by atoms with Crippen LogP contribution in [-0.2, 0) is 32.7 Å². The van der Waals surface area contributed by atoms with Crippen molar-refractivity contribution in [3.05, 3.63) is 73.4 Å². The van der Waals surface area contributed by atoms with Crippen LogP contribution in [0.4, 0.5) is 0 Å². The summed E-state index contributed by atoms with van der Waals surface area (Å²) in [6.45, 7) is 3.83. The fourth-order valence-electron chi connectivity index (χ4n) is 1.78. The molecule has 97 valence electrons. The number of nitrogens with zero attached hydrogens (tertiary/aromatic N) is 3. The van der Waals surface area contributed by atoms with Crippen molar-refractivity contribution in [1.29, 1.82) is 0 Å². The van der Waals surface area contributed by atoms with Gasteiger partial charge in [0.25, 0.3) is 0 Å². The van der Waals surface area contributed by atoms with Gasteiger partial charge in [-0.15, -0.1) is 5.10 Å². The summed E-state index contributed by atoms with van der Waals surface area (Å²) in [6, 6.07) is 20.7. The fraction of sp³-hybridized carbons (Fsp3) is 0. The Balaban J connectivity index is 0.000000180. The van der Waals surface area contributed by atoms with E-state index in [1.807, 2.05) is 46.9 Å². The molecule has 0 atom stereocenters. The summed E-state index contributed by atoms with van der Waals surface area (Å²) in [6.07, 6.45) is 0. The van der Waals surface area contributed by atoms with Crippen LogP contribution in [0.25, 0.3) is 15.2 Å². The van der Waals surface area contributed by atoms with E-state index in [1.54, 1.807) is 11.3 Å². The topological polar surface area (TPSA) is 30.2 Å². The second-order valence-electron chi connectivity index (χ2n) is 3.88. The van der Waals surface area contributed by atoms with E-state index in [9.17, 15) is 0 Å². The van der Waals surface area contributed by atoms with E-state index in [1.165, 1.54) is 4.70 Å². The molecule has 0 unspecified atom stereocenters. The van der Waals surface area contributed by atoms with Gasteiger partial charge in [0.2, 0.25) is 4.96 Å². The Morgan fingerprint density at radius 2 is 1.75 bits per heavy atom. The zero-order chi connectivity index (χ0) is 13.1. The largest absolute Gasteiger partial charge is 0.338 e. The molecular weight excluding hydrogens is 343 g/mol. The van der Waals surface area contributed by atoms with Crippen LogP contribution in [0.2, 0.25) is 0 Å². The maximum absolute atomic E-state index is 4.02. The van der Waals surface area contributed by atoms with Gasteiger partial charge in [-0.2, -0.15) is 41.5 Å². The van der Waals surface area contributed by atoms with E-state index < -0.39 is 0 Å². The normalized spacial score (nSPS) is 9.80. The summed E-state index contributed by atoms with van der Waals surface area (Å²) in [4.78, 5) is 0.909. The van der Waals surface area contributed by atoms with Crippen molar-refractivity contribution in [2.75, 3.05) is 0 Å².